The topological polar surface area (TPSA) is 205 Å². The molecule has 2 amide bonds. The second-order valence-electron chi connectivity index (χ2n) is 7.28. The van der Waals surface area contributed by atoms with Crippen LogP contribution in [-0.2, 0) is 16.1 Å². The fourth-order valence-electron chi connectivity index (χ4n) is 2.98. The van der Waals surface area contributed by atoms with Crippen LogP contribution < -0.4 is 26.1 Å². The van der Waals surface area contributed by atoms with Gasteiger partial charge in [0.15, 0.2) is 5.03 Å². The van der Waals surface area contributed by atoms with Crippen molar-refractivity contribution in [2.75, 3.05) is 19.0 Å². The normalized spacial score (nSPS) is 10.9. The molecule has 2 aromatic rings. The summed E-state index contributed by atoms with van der Waals surface area (Å²) in [6, 6.07) is 11.7. The third-order valence-corrected chi connectivity index (χ3v) is 4.70. The van der Waals surface area contributed by atoms with Crippen molar-refractivity contribution in [2.24, 2.45) is 0 Å². The molecule has 2 rings (SSSR count). The van der Waals surface area contributed by atoms with Gasteiger partial charge in [-0.25, -0.2) is 19.7 Å². The number of hydrogen-bond donors (Lipinski definition) is 6. The number of benzene rings is 2. The predicted molar refractivity (Wildman–Crippen MR) is 127 cm³/mol. The van der Waals surface area contributed by atoms with E-state index in [-0.39, 0.29) is 43.0 Å². The van der Waals surface area contributed by atoms with Crippen LogP contribution in [0.5, 0.6) is 5.75 Å². The van der Waals surface area contributed by atoms with Crippen LogP contribution in [0.3, 0.4) is 0 Å². The van der Waals surface area contributed by atoms with Crippen LogP contribution >= 0.6 is 0 Å². The van der Waals surface area contributed by atoms with Crippen molar-refractivity contribution in [3.05, 3.63) is 69.8 Å². The number of anilines is 1. The van der Waals surface area contributed by atoms with Gasteiger partial charge in [0, 0.05) is 6.54 Å². The molecule has 0 radical (unpaired) electrons. The number of hydrazine groups is 1. The number of ether oxygens (including phenoxy) is 2. The molecule has 0 aromatic heterocycles. The number of aromatic carboxylic acids is 1. The molecule has 0 fully saturated rings. The number of rotatable bonds is 12. The van der Waals surface area contributed by atoms with Gasteiger partial charge in [0.25, 0.3) is 5.96 Å². The third kappa shape index (κ3) is 9.17. The Bertz CT molecular complexity index is 1100. The average molecular weight is 502 g/mol. The Morgan fingerprint density at radius 2 is 1.89 bits per heavy atom. The van der Waals surface area contributed by atoms with Gasteiger partial charge in [-0.05, 0) is 36.6 Å². The van der Waals surface area contributed by atoms with E-state index >= 15 is 0 Å². The van der Waals surface area contributed by atoms with Crippen LogP contribution in [0, 0.1) is 15.5 Å². The van der Waals surface area contributed by atoms with E-state index in [4.69, 9.17) is 14.9 Å². The molecule has 0 heterocycles. The summed E-state index contributed by atoms with van der Waals surface area (Å²) >= 11 is 0. The number of amides is 2. The monoisotopic (exact) mass is 502 g/mol. The molecule has 0 unspecified atom stereocenters. The number of carbonyl (C=O) groups is 3. The second kappa shape index (κ2) is 13.7. The third-order valence-electron chi connectivity index (χ3n) is 4.70. The standard InChI is InChI=1S/C22H26N6O8/c1-35-18-10-9-15(20(30)31)12-17(18)25-19(29)16(8-5-11-24-21(23)27-28(33)34)26-22(32)36-13-14-6-3-2-4-7-14/h2-4,6-7,9-10,12,16H,5,8,11,13H2,1H3,(H,25,29)(H,26,32)(H,30,31)(H3,23,24,27)/t16-/m0/s1. The highest BCUT2D eigenvalue weighted by Gasteiger charge is 2.23. The van der Waals surface area contributed by atoms with E-state index in [1.165, 1.54) is 25.3 Å². The average Bonchev–Trinajstić information content (AvgIpc) is 2.84. The highest BCUT2D eigenvalue weighted by Crippen LogP contribution is 2.26. The van der Waals surface area contributed by atoms with Crippen molar-refractivity contribution in [3.8, 4) is 5.75 Å². The minimum absolute atomic E-state index is 0.0270. The highest BCUT2D eigenvalue weighted by molar-refractivity contribution is 5.99. The molecule has 0 saturated carbocycles. The number of nitrogens with zero attached hydrogens (tertiary/aromatic N) is 1. The zero-order valence-corrected chi connectivity index (χ0v) is 19.3. The lowest BCUT2D eigenvalue weighted by Gasteiger charge is -2.19. The maximum absolute atomic E-state index is 13.0. The second-order valence-corrected chi connectivity index (χ2v) is 7.28. The number of hydrogen-bond acceptors (Lipinski definition) is 8. The molecular weight excluding hydrogens is 476 g/mol. The van der Waals surface area contributed by atoms with Crippen molar-refractivity contribution < 1.29 is 34.0 Å². The van der Waals surface area contributed by atoms with Gasteiger partial charge in [-0.3, -0.25) is 10.2 Å². The number of nitrogens with one attached hydrogen (secondary N) is 5. The van der Waals surface area contributed by atoms with Crippen molar-refractivity contribution >= 4 is 29.6 Å². The molecular formula is C22H26N6O8. The zero-order valence-electron chi connectivity index (χ0n) is 19.3. The summed E-state index contributed by atoms with van der Waals surface area (Å²) in [6.45, 7) is 0.0583. The minimum atomic E-state index is -1.20. The quantitative estimate of drug-likeness (QED) is 0.0814. The van der Waals surface area contributed by atoms with E-state index in [1.54, 1.807) is 29.7 Å². The largest absolute Gasteiger partial charge is 0.495 e. The summed E-state index contributed by atoms with van der Waals surface area (Å²) in [7, 11) is 1.35. The van der Waals surface area contributed by atoms with E-state index in [2.05, 4.69) is 16.0 Å². The van der Waals surface area contributed by atoms with E-state index in [9.17, 15) is 29.6 Å². The van der Waals surface area contributed by atoms with Gasteiger partial charge < -0.3 is 30.5 Å². The Hall–Kier alpha value is -4.88. The summed E-state index contributed by atoms with van der Waals surface area (Å²) in [6.07, 6.45) is -0.571. The van der Waals surface area contributed by atoms with E-state index in [0.29, 0.717) is 0 Å². The molecule has 192 valence electrons. The first-order chi connectivity index (χ1) is 17.2. The molecule has 0 aliphatic rings. The predicted octanol–water partition coefficient (Wildman–Crippen LogP) is 1.71. The molecule has 0 saturated heterocycles. The number of alkyl carbamates (subject to hydrolysis) is 1. The Morgan fingerprint density at radius 3 is 2.53 bits per heavy atom. The summed E-state index contributed by atoms with van der Waals surface area (Å²) in [5, 5.41) is 33.6. The lowest BCUT2D eigenvalue weighted by atomic mass is 10.1. The fourth-order valence-corrected chi connectivity index (χ4v) is 2.98. The van der Waals surface area contributed by atoms with Crippen LogP contribution in [0.15, 0.2) is 48.5 Å². The molecule has 0 aliphatic carbocycles. The van der Waals surface area contributed by atoms with Crippen LogP contribution in [0.2, 0.25) is 0 Å². The Morgan fingerprint density at radius 1 is 1.17 bits per heavy atom. The van der Waals surface area contributed by atoms with Crippen LogP contribution in [0.1, 0.15) is 28.8 Å². The lowest BCUT2D eigenvalue weighted by molar-refractivity contribution is -0.525. The molecule has 1 atom stereocenters. The van der Waals surface area contributed by atoms with Gasteiger partial charge in [-0.1, -0.05) is 35.8 Å². The number of nitro groups is 1. The van der Waals surface area contributed by atoms with Crippen molar-refractivity contribution in [1.29, 1.82) is 5.41 Å². The summed E-state index contributed by atoms with van der Waals surface area (Å²) in [4.78, 5) is 47.0. The van der Waals surface area contributed by atoms with Crippen LogP contribution in [0.25, 0.3) is 0 Å². The first-order valence-corrected chi connectivity index (χ1v) is 10.6. The first-order valence-electron chi connectivity index (χ1n) is 10.6. The van der Waals surface area contributed by atoms with Gasteiger partial charge in [0.05, 0.1) is 18.4 Å². The molecule has 14 heteroatoms. The minimum Gasteiger partial charge on any atom is -0.495 e. The van der Waals surface area contributed by atoms with Gasteiger partial charge in [-0.15, -0.1) is 0 Å². The molecule has 0 aliphatic heterocycles. The Labute approximate surface area is 205 Å². The molecule has 14 nitrogen and oxygen atoms in total. The SMILES string of the molecule is COc1ccc(C(=O)O)cc1NC(=O)[C@H](CCCNC(=N)N[N+](=O)[O-])NC(=O)OCc1ccccc1. The van der Waals surface area contributed by atoms with Gasteiger partial charge in [0.2, 0.25) is 5.91 Å². The Balaban J connectivity index is 2.07. The number of carboxylic acids is 1. The van der Waals surface area contributed by atoms with Crippen molar-refractivity contribution in [1.82, 2.24) is 16.1 Å². The molecule has 6 N–H and O–H groups in total. The first kappa shape index (κ1) is 27.4. The summed E-state index contributed by atoms with van der Waals surface area (Å²) in [5.74, 6) is -2.21. The molecule has 0 spiro atoms. The number of guanidine groups is 1. The summed E-state index contributed by atoms with van der Waals surface area (Å²) < 4.78 is 10.3. The maximum atomic E-state index is 13.0. The number of carboxylic acid groups (broad SMARTS) is 1. The highest BCUT2D eigenvalue weighted by atomic mass is 16.7. The van der Waals surface area contributed by atoms with E-state index in [0.717, 1.165) is 5.56 Å². The van der Waals surface area contributed by atoms with E-state index in [1.807, 2.05) is 6.07 Å². The van der Waals surface area contributed by atoms with Crippen molar-refractivity contribution in [3.63, 3.8) is 0 Å². The van der Waals surface area contributed by atoms with E-state index < -0.39 is 35.0 Å². The van der Waals surface area contributed by atoms with Gasteiger partial charge in [0.1, 0.15) is 18.4 Å². The van der Waals surface area contributed by atoms with Crippen LogP contribution in [-0.4, -0.2) is 53.8 Å². The lowest BCUT2D eigenvalue weighted by Crippen LogP contribution is -2.45. The van der Waals surface area contributed by atoms with Gasteiger partial charge >= 0.3 is 12.1 Å². The zero-order chi connectivity index (χ0) is 26.5. The Kier molecular flexibility index (Phi) is 10.4. The smallest absolute Gasteiger partial charge is 0.408 e. The molecule has 0 bridgehead atoms. The van der Waals surface area contributed by atoms with Gasteiger partial charge in [-0.2, -0.15) is 0 Å². The van der Waals surface area contributed by atoms with Crippen molar-refractivity contribution in [2.45, 2.75) is 25.5 Å². The molecule has 36 heavy (non-hydrogen) atoms. The molecule has 2 aromatic carbocycles. The van der Waals surface area contributed by atoms with Crippen LogP contribution in [0.4, 0.5) is 10.5 Å². The number of methoxy groups -OCH3 is 1. The number of carbonyl (C=O) groups excluding carboxylic acids is 2. The summed E-state index contributed by atoms with van der Waals surface area (Å²) in [5.41, 5.74) is 2.38. The fraction of sp³-hybridized carbons (Fsp3) is 0.273. The maximum Gasteiger partial charge on any atom is 0.408 e.